The van der Waals surface area contributed by atoms with Crippen LogP contribution >= 0.6 is 11.6 Å². The van der Waals surface area contributed by atoms with Crippen LogP contribution in [-0.4, -0.2) is 42.7 Å². The van der Waals surface area contributed by atoms with E-state index in [0.29, 0.717) is 13.2 Å². The fourth-order valence-electron chi connectivity index (χ4n) is 4.43. The molecular weight excluding hydrogens is 452 g/mol. The van der Waals surface area contributed by atoms with E-state index in [9.17, 15) is 5.11 Å². The quantitative estimate of drug-likeness (QED) is 0.323. The van der Waals surface area contributed by atoms with Crippen molar-refractivity contribution in [1.82, 2.24) is 4.98 Å². The van der Waals surface area contributed by atoms with Crippen molar-refractivity contribution in [3.05, 3.63) is 94.6 Å². The van der Waals surface area contributed by atoms with E-state index < -0.39 is 6.10 Å². The highest BCUT2D eigenvalue weighted by Gasteiger charge is 2.22. The Hall–Kier alpha value is -3.03. The monoisotopic (exact) mass is 479 g/mol. The Bertz CT molecular complexity index is 1260. The average Bonchev–Trinajstić information content (AvgIpc) is 3.49. The summed E-state index contributed by atoms with van der Waals surface area (Å²) in [5.41, 5.74) is 4.37. The van der Waals surface area contributed by atoms with Gasteiger partial charge in [0.15, 0.2) is 11.5 Å². The Kier molecular flexibility index (Phi) is 7.02. The van der Waals surface area contributed by atoms with Gasteiger partial charge in [-0.05, 0) is 41.0 Å². The zero-order valence-electron chi connectivity index (χ0n) is 18.7. The number of ether oxygens (including phenoxy) is 3. The number of halogens is 1. The van der Waals surface area contributed by atoms with Crippen molar-refractivity contribution in [3.8, 4) is 11.5 Å². The summed E-state index contributed by atoms with van der Waals surface area (Å²) in [6.07, 6.45) is 1.49. The molecule has 1 aliphatic heterocycles. The lowest BCUT2D eigenvalue weighted by atomic mass is 9.90. The number of hydrogen-bond donors (Lipinski definition) is 3. The zero-order valence-corrected chi connectivity index (χ0v) is 19.5. The highest BCUT2D eigenvalue weighted by Crippen LogP contribution is 2.34. The zero-order chi connectivity index (χ0) is 23.3. The van der Waals surface area contributed by atoms with Gasteiger partial charge in [0.1, 0.15) is 12.6 Å². The van der Waals surface area contributed by atoms with Crippen molar-refractivity contribution < 1.29 is 24.6 Å². The number of aromatic nitrogens is 1. The van der Waals surface area contributed by atoms with Crippen LogP contribution in [0.2, 0.25) is 5.02 Å². The summed E-state index contributed by atoms with van der Waals surface area (Å²) in [4.78, 5) is 3.37. The van der Waals surface area contributed by atoms with E-state index in [1.165, 1.54) is 10.9 Å². The number of aliphatic hydroxyl groups is 1. The number of rotatable bonds is 10. The second-order valence-electron chi connectivity index (χ2n) is 8.48. The molecule has 0 bridgehead atoms. The highest BCUT2D eigenvalue weighted by molar-refractivity contribution is 6.31. The van der Waals surface area contributed by atoms with Crippen LogP contribution in [0.1, 0.15) is 22.6 Å². The van der Waals surface area contributed by atoms with Gasteiger partial charge in [-0.1, -0.05) is 54.1 Å². The fourth-order valence-corrected chi connectivity index (χ4v) is 4.70. The molecule has 2 atom stereocenters. The van der Waals surface area contributed by atoms with E-state index in [1.807, 2.05) is 48.5 Å². The lowest BCUT2D eigenvalue weighted by molar-refractivity contribution is -0.662. The van der Waals surface area contributed by atoms with Crippen molar-refractivity contribution in [2.75, 3.05) is 26.5 Å². The summed E-state index contributed by atoms with van der Waals surface area (Å²) >= 11 is 6.58. The first kappa shape index (κ1) is 22.7. The molecule has 0 spiro atoms. The van der Waals surface area contributed by atoms with Crippen LogP contribution in [0.5, 0.6) is 11.5 Å². The molecule has 0 fully saturated rings. The number of aromatic amines is 1. The summed E-state index contributed by atoms with van der Waals surface area (Å²) in [7, 11) is 0. The smallest absolute Gasteiger partial charge is 0.231 e. The number of aliphatic hydroxyl groups excluding tert-OH is 1. The number of fused-ring (bicyclic) bond motifs is 2. The molecule has 3 aromatic carbocycles. The van der Waals surface area contributed by atoms with E-state index >= 15 is 0 Å². The molecule has 0 radical (unpaired) electrons. The molecule has 7 heteroatoms. The largest absolute Gasteiger partial charge is 0.454 e. The summed E-state index contributed by atoms with van der Waals surface area (Å²) in [6.45, 7) is 2.21. The molecule has 1 aliphatic rings. The second-order valence-corrected chi connectivity index (χ2v) is 8.89. The number of benzene rings is 3. The molecule has 0 saturated carbocycles. The average molecular weight is 480 g/mol. The van der Waals surface area contributed by atoms with Crippen LogP contribution in [0, 0.1) is 0 Å². The van der Waals surface area contributed by atoms with Crippen molar-refractivity contribution in [2.45, 2.75) is 18.6 Å². The molecule has 0 saturated heterocycles. The molecule has 1 aromatic heterocycles. The number of hydrogen-bond acceptors (Lipinski definition) is 4. The number of H-pyrrole nitrogens is 1. The Morgan fingerprint density at radius 1 is 0.971 bits per heavy atom. The maximum atomic E-state index is 10.5. The van der Waals surface area contributed by atoms with E-state index in [4.69, 9.17) is 25.8 Å². The lowest BCUT2D eigenvalue weighted by Crippen LogP contribution is -2.87. The molecule has 0 unspecified atom stereocenters. The maximum Gasteiger partial charge on any atom is 0.231 e. The first-order valence-electron chi connectivity index (χ1n) is 11.5. The minimum atomic E-state index is -0.580. The van der Waals surface area contributed by atoms with Gasteiger partial charge in [-0.2, -0.15) is 0 Å². The van der Waals surface area contributed by atoms with Crippen LogP contribution in [0.25, 0.3) is 10.9 Å². The van der Waals surface area contributed by atoms with Gasteiger partial charge < -0.3 is 29.6 Å². The molecule has 0 amide bonds. The Morgan fingerprint density at radius 3 is 2.71 bits per heavy atom. The van der Waals surface area contributed by atoms with Crippen molar-refractivity contribution in [3.63, 3.8) is 0 Å². The molecule has 176 valence electrons. The predicted molar refractivity (Wildman–Crippen MR) is 131 cm³/mol. The minimum Gasteiger partial charge on any atom is -0.454 e. The van der Waals surface area contributed by atoms with Gasteiger partial charge in [0.2, 0.25) is 6.79 Å². The van der Waals surface area contributed by atoms with Gasteiger partial charge in [-0.3, -0.25) is 0 Å². The molecule has 2 heterocycles. The van der Waals surface area contributed by atoms with Crippen molar-refractivity contribution >= 4 is 22.5 Å². The van der Waals surface area contributed by atoms with E-state index in [2.05, 4.69) is 34.7 Å². The van der Waals surface area contributed by atoms with E-state index in [0.717, 1.165) is 39.7 Å². The molecule has 5 rings (SSSR count). The van der Waals surface area contributed by atoms with Gasteiger partial charge in [0.05, 0.1) is 25.7 Å². The fraction of sp³-hybridized carbons (Fsp3) is 0.259. The molecule has 6 nitrogen and oxygen atoms in total. The third kappa shape index (κ3) is 5.05. The highest BCUT2D eigenvalue weighted by atomic mass is 35.5. The first-order chi connectivity index (χ1) is 16.7. The maximum absolute atomic E-state index is 10.5. The van der Waals surface area contributed by atoms with Crippen LogP contribution in [-0.2, 0) is 11.3 Å². The summed E-state index contributed by atoms with van der Waals surface area (Å²) in [5.74, 6) is 1.58. The number of nitrogens with one attached hydrogen (secondary N) is 1. The molecule has 4 N–H and O–H groups in total. The van der Waals surface area contributed by atoms with Crippen LogP contribution in [0.4, 0.5) is 0 Å². The Balaban J connectivity index is 1.19. The van der Waals surface area contributed by atoms with Crippen LogP contribution in [0.3, 0.4) is 0 Å². The first-order valence-corrected chi connectivity index (χ1v) is 11.8. The van der Waals surface area contributed by atoms with Crippen molar-refractivity contribution in [1.29, 1.82) is 0 Å². The summed E-state index contributed by atoms with van der Waals surface area (Å²) in [6, 6.07) is 22.0. The van der Waals surface area contributed by atoms with E-state index in [-0.39, 0.29) is 19.3 Å². The number of para-hydroxylation sites is 1. The van der Waals surface area contributed by atoms with Gasteiger partial charge in [0, 0.05) is 22.1 Å². The van der Waals surface area contributed by atoms with Crippen LogP contribution < -0.4 is 14.8 Å². The molecule has 0 aliphatic carbocycles. The minimum absolute atomic E-state index is 0.0894. The number of quaternary nitrogens is 1. The van der Waals surface area contributed by atoms with Gasteiger partial charge in [-0.25, -0.2) is 0 Å². The summed E-state index contributed by atoms with van der Waals surface area (Å²) in [5, 5.41) is 14.6. The molecular formula is C27H28ClN2O4+. The third-order valence-corrected chi connectivity index (χ3v) is 6.48. The van der Waals surface area contributed by atoms with Crippen molar-refractivity contribution in [2.24, 2.45) is 0 Å². The SMILES string of the molecule is O[C@H](C[NH2+]C[C@@H](c1ccccc1Cl)c1c[nH]c2ccccc12)COCc1ccc2c(c1)OCO2. The van der Waals surface area contributed by atoms with E-state index in [1.54, 1.807) is 0 Å². The molecule has 4 aromatic rings. The van der Waals surface area contributed by atoms with Crippen LogP contribution in [0.15, 0.2) is 72.9 Å². The predicted octanol–water partition coefficient (Wildman–Crippen LogP) is 3.82. The standard InChI is InChI=1S/C27H27ClN2O4/c28-24-7-3-1-5-20(24)22(23-14-30-25-8-4-2-6-21(23)25)13-29-12-19(31)16-32-15-18-9-10-26-27(11-18)34-17-33-26/h1-11,14,19,22,29-31H,12-13,15-17H2/p+1/t19-,22+/m1/s1. The second kappa shape index (κ2) is 10.5. The third-order valence-electron chi connectivity index (χ3n) is 6.13. The topological polar surface area (TPSA) is 80.3 Å². The van der Waals surface area contributed by atoms with Gasteiger partial charge >= 0.3 is 0 Å². The lowest BCUT2D eigenvalue weighted by Gasteiger charge is -2.18. The van der Waals surface area contributed by atoms with Gasteiger partial charge in [-0.15, -0.1) is 0 Å². The number of nitrogens with two attached hydrogens (primary N) is 1. The Morgan fingerprint density at radius 2 is 1.79 bits per heavy atom. The van der Waals surface area contributed by atoms with Gasteiger partial charge in [0.25, 0.3) is 0 Å². The molecule has 34 heavy (non-hydrogen) atoms. The Labute approximate surface area is 203 Å². The normalized spacial score (nSPS) is 14.4. The summed E-state index contributed by atoms with van der Waals surface area (Å²) < 4.78 is 16.5.